The fourth-order valence-electron chi connectivity index (χ4n) is 2.36. The van der Waals surface area contributed by atoms with E-state index in [1.54, 1.807) is 6.42 Å². The molecule has 0 aromatic heterocycles. The molecule has 0 radical (unpaired) electrons. The van der Waals surface area contributed by atoms with E-state index in [4.69, 9.17) is 0 Å². The Morgan fingerprint density at radius 3 is 3.00 bits per heavy atom. The van der Waals surface area contributed by atoms with E-state index in [9.17, 15) is 0 Å². The van der Waals surface area contributed by atoms with Crippen LogP contribution >= 0.6 is 0 Å². The Morgan fingerprint density at radius 1 is 1.22 bits per heavy atom. The zero-order chi connectivity index (χ0) is 6.32. The van der Waals surface area contributed by atoms with E-state index in [1.165, 1.54) is 32.1 Å². The summed E-state index contributed by atoms with van der Waals surface area (Å²) in [6, 6.07) is 0. The van der Waals surface area contributed by atoms with E-state index < -0.39 is 0 Å². The Labute approximate surface area is 57.6 Å². The van der Waals surface area contributed by atoms with Crippen LogP contribution in [-0.2, 0) is 0 Å². The second-order valence-electron chi connectivity index (χ2n) is 4.15. The summed E-state index contributed by atoms with van der Waals surface area (Å²) in [4.78, 5) is 0. The topological polar surface area (TPSA) is 0 Å². The first-order valence-electron chi connectivity index (χ1n) is 4.31. The van der Waals surface area contributed by atoms with Gasteiger partial charge in [-0.2, -0.15) is 0 Å². The standard InChI is InChI=1S/C9H16/c1-9-6-4-2-3-5-8(9)7-9/h8H,2-7H2,1H3. The molecule has 0 bridgehead atoms. The normalized spacial score (nSPS) is 49.7. The molecule has 2 aliphatic rings. The molecule has 0 aromatic carbocycles. The molecule has 2 rings (SSSR count). The van der Waals surface area contributed by atoms with Gasteiger partial charge in [0.1, 0.15) is 0 Å². The van der Waals surface area contributed by atoms with Crippen molar-refractivity contribution in [2.24, 2.45) is 11.3 Å². The Balaban J connectivity index is 2.00. The first kappa shape index (κ1) is 5.76. The molecule has 2 atom stereocenters. The zero-order valence-corrected chi connectivity index (χ0v) is 6.32. The summed E-state index contributed by atoms with van der Waals surface area (Å²) in [5.74, 6) is 1.14. The smallest absolute Gasteiger partial charge is 0.0294 e. The van der Waals surface area contributed by atoms with Gasteiger partial charge in [-0.15, -0.1) is 0 Å². The second-order valence-corrected chi connectivity index (χ2v) is 4.15. The summed E-state index contributed by atoms with van der Waals surface area (Å²) in [5.41, 5.74) is 0.830. The Morgan fingerprint density at radius 2 is 2.11 bits per heavy atom. The van der Waals surface area contributed by atoms with Crippen molar-refractivity contribution in [2.75, 3.05) is 0 Å². The highest BCUT2D eigenvalue weighted by Gasteiger charge is 2.48. The van der Waals surface area contributed by atoms with E-state index in [2.05, 4.69) is 6.92 Å². The maximum absolute atomic E-state index is 2.48. The lowest BCUT2D eigenvalue weighted by Crippen LogP contribution is -1.93. The van der Waals surface area contributed by atoms with Crippen molar-refractivity contribution in [3.05, 3.63) is 0 Å². The lowest BCUT2D eigenvalue weighted by molar-refractivity contribution is 0.468. The highest BCUT2D eigenvalue weighted by atomic mass is 14.5. The van der Waals surface area contributed by atoms with Crippen LogP contribution in [0.15, 0.2) is 0 Å². The highest BCUT2D eigenvalue weighted by molar-refractivity contribution is 4.99. The van der Waals surface area contributed by atoms with Crippen LogP contribution in [0.2, 0.25) is 0 Å². The van der Waals surface area contributed by atoms with Gasteiger partial charge in [-0.05, 0) is 30.6 Å². The lowest BCUT2D eigenvalue weighted by Gasteiger charge is -2.04. The van der Waals surface area contributed by atoms with Gasteiger partial charge in [0.15, 0.2) is 0 Å². The number of rotatable bonds is 0. The van der Waals surface area contributed by atoms with Crippen LogP contribution in [0.3, 0.4) is 0 Å². The average molecular weight is 124 g/mol. The average Bonchev–Trinajstić information content (AvgIpc) is 2.40. The molecule has 0 heteroatoms. The van der Waals surface area contributed by atoms with Crippen molar-refractivity contribution in [1.82, 2.24) is 0 Å². The van der Waals surface area contributed by atoms with E-state index >= 15 is 0 Å². The first-order valence-corrected chi connectivity index (χ1v) is 4.31. The predicted molar refractivity (Wildman–Crippen MR) is 39.3 cm³/mol. The quantitative estimate of drug-likeness (QED) is 0.465. The van der Waals surface area contributed by atoms with E-state index in [1.807, 2.05) is 0 Å². The predicted octanol–water partition coefficient (Wildman–Crippen LogP) is 2.98. The molecular formula is C9H16. The molecule has 2 unspecified atom stereocenters. The number of hydrogen-bond donors (Lipinski definition) is 0. The lowest BCUT2D eigenvalue weighted by atomic mass is 10.0. The third-order valence-electron chi connectivity index (χ3n) is 3.34. The van der Waals surface area contributed by atoms with Gasteiger partial charge >= 0.3 is 0 Å². The zero-order valence-electron chi connectivity index (χ0n) is 6.32. The van der Waals surface area contributed by atoms with Crippen LogP contribution in [0, 0.1) is 11.3 Å². The SMILES string of the molecule is CC12CCCCCC1C2. The summed E-state index contributed by atoms with van der Waals surface area (Å²) in [7, 11) is 0. The molecule has 0 amide bonds. The molecule has 0 N–H and O–H groups in total. The maximum Gasteiger partial charge on any atom is -0.0294 e. The number of hydrogen-bond acceptors (Lipinski definition) is 0. The van der Waals surface area contributed by atoms with Crippen LogP contribution in [0.5, 0.6) is 0 Å². The Hall–Kier alpha value is 0. The van der Waals surface area contributed by atoms with E-state index in [0.29, 0.717) is 0 Å². The van der Waals surface area contributed by atoms with E-state index in [0.717, 1.165) is 11.3 Å². The largest absolute Gasteiger partial charge is 0.0594 e. The maximum atomic E-state index is 2.48. The van der Waals surface area contributed by atoms with Crippen molar-refractivity contribution >= 4 is 0 Å². The van der Waals surface area contributed by atoms with Gasteiger partial charge in [0, 0.05) is 0 Å². The monoisotopic (exact) mass is 124 g/mol. The minimum atomic E-state index is 0.830. The third-order valence-corrected chi connectivity index (χ3v) is 3.34. The van der Waals surface area contributed by atoms with Crippen molar-refractivity contribution < 1.29 is 0 Å². The van der Waals surface area contributed by atoms with Gasteiger partial charge in [-0.25, -0.2) is 0 Å². The van der Waals surface area contributed by atoms with Gasteiger partial charge in [0.25, 0.3) is 0 Å². The fraction of sp³-hybridized carbons (Fsp3) is 1.00. The van der Waals surface area contributed by atoms with Crippen LogP contribution < -0.4 is 0 Å². The van der Waals surface area contributed by atoms with Crippen LogP contribution in [0.1, 0.15) is 45.4 Å². The van der Waals surface area contributed by atoms with E-state index in [-0.39, 0.29) is 0 Å². The van der Waals surface area contributed by atoms with Gasteiger partial charge in [0.05, 0.1) is 0 Å². The van der Waals surface area contributed by atoms with Crippen molar-refractivity contribution in [3.8, 4) is 0 Å². The molecule has 9 heavy (non-hydrogen) atoms. The fourth-order valence-corrected chi connectivity index (χ4v) is 2.36. The second kappa shape index (κ2) is 1.74. The molecule has 52 valence electrons. The van der Waals surface area contributed by atoms with Gasteiger partial charge in [-0.3, -0.25) is 0 Å². The Kier molecular flexibility index (Phi) is 1.12. The van der Waals surface area contributed by atoms with Crippen molar-refractivity contribution in [3.63, 3.8) is 0 Å². The summed E-state index contributed by atoms with van der Waals surface area (Å²) >= 11 is 0. The third kappa shape index (κ3) is 0.889. The van der Waals surface area contributed by atoms with Crippen molar-refractivity contribution in [1.29, 1.82) is 0 Å². The molecule has 2 fully saturated rings. The van der Waals surface area contributed by atoms with Crippen LogP contribution in [0.4, 0.5) is 0 Å². The minimum Gasteiger partial charge on any atom is -0.0594 e. The molecule has 0 saturated heterocycles. The first-order chi connectivity index (χ1) is 4.31. The molecule has 0 aromatic rings. The molecule has 0 nitrogen and oxygen atoms in total. The molecule has 0 heterocycles. The van der Waals surface area contributed by atoms with Gasteiger partial charge < -0.3 is 0 Å². The summed E-state index contributed by atoms with van der Waals surface area (Å²) in [6.45, 7) is 2.48. The molecular weight excluding hydrogens is 108 g/mol. The van der Waals surface area contributed by atoms with Gasteiger partial charge in [0.2, 0.25) is 0 Å². The summed E-state index contributed by atoms with van der Waals surface area (Å²) in [6.07, 6.45) is 9.14. The molecule has 0 aliphatic heterocycles. The van der Waals surface area contributed by atoms with Crippen molar-refractivity contribution in [2.45, 2.75) is 45.4 Å². The molecule has 2 saturated carbocycles. The minimum absolute atomic E-state index is 0.830. The van der Waals surface area contributed by atoms with Gasteiger partial charge in [-0.1, -0.05) is 26.2 Å². The molecule has 2 aliphatic carbocycles. The summed E-state index contributed by atoms with van der Waals surface area (Å²) in [5, 5.41) is 0. The Bertz CT molecular complexity index is 117. The molecule has 0 spiro atoms. The van der Waals surface area contributed by atoms with Crippen LogP contribution in [0.25, 0.3) is 0 Å². The van der Waals surface area contributed by atoms with Crippen LogP contribution in [-0.4, -0.2) is 0 Å². The number of fused-ring (bicyclic) bond motifs is 1. The summed E-state index contributed by atoms with van der Waals surface area (Å²) < 4.78 is 0. The highest BCUT2D eigenvalue weighted by Crippen LogP contribution is 2.59.